The van der Waals surface area contributed by atoms with Gasteiger partial charge in [-0.25, -0.2) is 0 Å². The van der Waals surface area contributed by atoms with Crippen molar-refractivity contribution in [1.29, 1.82) is 0 Å². The Bertz CT molecular complexity index is 1260. The van der Waals surface area contributed by atoms with E-state index in [0.29, 0.717) is 22.4 Å². The predicted molar refractivity (Wildman–Crippen MR) is 124 cm³/mol. The molecule has 1 saturated carbocycles. The second kappa shape index (κ2) is 7.24. The molecule has 2 aliphatic rings. The highest BCUT2D eigenvalue weighted by Crippen LogP contribution is 2.79. The summed E-state index contributed by atoms with van der Waals surface area (Å²) in [5.41, 5.74) is -0.151. The summed E-state index contributed by atoms with van der Waals surface area (Å²) in [4.78, 5) is 41.2. The number of rotatable bonds is 5. The van der Waals surface area contributed by atoms with Crippen LogP contribution in [0.15, 0.2) is 77.3 Å². The fraction of sp³-hybridized carbons (Fsp3) is 0.222. The van der Waals surface area contributed by atoms with Crippen LogP contribution in [0.5, 0.6) is 5.75 Å². The van der Waals surface area contributed by atoms with Crippen molar-refractivity contribution in [3.05, 3.63) is 99.5 Å². The molecule has 0 bridgehead atoms. The van der Waals surface area contributed by atoms with Gasteiger partial charge in [0.15, 0.2) is 17.0 Å². The van der Waals surface area contributed by atoms with Crippen molar-refractivity contribution >= 4 is 33.5 Å². The lowest BCUT2D eigenvalue weighted by Crippen LogP contribution is -2.39. The predicted octanol–water partition coefficient (Wildman–Crippen LogP) is 5.79. The van der Waals surface area contributed by atoms with E-state index in [2.05, 4.69) is 15.9 Å². The number of Topliss-reactive ketones (excluding diaryl/α,β-unsaturated/α-hetero) is 2. The normalized spacial score (nSPS) is 25.3. The van der Waals surface area contributed by atoms with E-state index < -0.39 is 22.7 Å². The van der Waals surface area contributed by atoms with Crippen LogP contribution in [-0.2, 0) is 11.2 Å². The van der Waals surface area contributed by atoms with Crippen molar-refractivity contribution in [2.24, 2.45) is 10.8 Å². The molecular weight excluding hydrogens is 468 g/mol. The van der Waals surface area contributed by atoms with Crippen LogP contribution in [0.3, 0.4) is 0 Å². The van der Waals surface area contributed by atoms with E-state index in [1.165, 1.54) is 0 Å². The van der Waals surface area contributed by atoms with E-state index in [0.717, 1.165) is 16.5 Å². The molecule has 0 amide bonds. The molecule has 1 aliphatic heterocycles. The Morgan fingerprint density at radius 3 is 2.25 bits per heavy atom. The monoisotopic (exact) mass is 488 g/mol. The van der Waals surface area contributed by atoms with Gasteiger partial charge in [-0.3, -0.25) is 14.4 Å². The summed E-state index contributed by atoms with van der Waals surface area (Å²) in [5, 5.41) is 0. The maximum atomic E-state index is 13.9. The molecule has 5 rings (SSSR count). The Balaban J connectivity index is 1.70. The van der Waals surface area contributed by atoms with Crippen molar-refractivity contribution in [3.8, 4) is 5.75 Å². The van der Waals surface area contributed by atoms with Gasteiger partial charge in [-0.1, -0.05) is 84.4 Å². The number of ether oxygens (including phenoxy) is 1. The number of hydrogen-bond donors (Lipinski definition) is 0. The zero-order chi connectivity index (χ0) is 22.7. The lowest BCUT2D eigenvalue weighted by molar-refractivity contribution is -0.140. The van der Waals surface area contributed by atoms with Gasteiger partial charge in [0.2, 0.25) is 0 Å². The lowest BCUT2D eigenvalue weighted by Gasteiger charge is -2.23. The van der Waals surface area contributed by atoms with E-state index in [1.54, 1.807) is 55.5 Å². The first-order chi connectivity index (χ1) is 15.4. The number of fused-ring (bicyclic) bond motifs is 3. The van der Waals surface area contributed by atoms with Crippen LogP contribution in [0.25, 0.3) is 0 Å². The summed E-state index contributed by atoms with van der Waals surface area (Å²) in [6.07, 6.45) is 0.860. The van der Waals surface area contributed by atoms with Crippen LogP contribution in [0.4, 0.5) is 0 Å². The molecule has 0 saturated heterocycles. The minimum atomic E-state index is -1.59. The average Bonchev–Trinajstić information content (AvgIpc) is 3.42. The molecule has 1 aliphatic carbocycles. The molecule has 0 spiro atoms. The van der Waals surface area contributed by atoms with Gasteiger partial charge >= 0.3 is 5.97 Å². The minimum absolute atomic E-state index is 0.223. The number of ketones is 2. The number of carbonyl (C=O) groups excluding carboxylic acids is 3. The van der Waals surface area contributed by atoms with E-state index in [1.807, 2.05) is 31.2 Å². The van der Waals surface area contributed by atoms with E-state index in [4.69, 9.17) is 4.74 Å². The Labute approximate surface area is 194 Å². The summed E-state index contributed by atoms with van der Waals surface area (Å²) >= 11 is 3.48. The third kappa shape index (κ3) is 2.64. The van der Waals surface area contributed by atoms with Crippen LogP contribution in [0, 0.1) is 10.8 Å². The SMILES string of the molecule is CCc1ccc(C(=O)[C@]2(C)[C@@H]3c4cc(Br)ccc4OC(=O)[C@]32C(=O)c2ccccc2)cc1. The van der Waals surface area contributed by atoms with E-state index >= 15 is 0 Å². The van der Waals surface area contributed by atoms with Crippen molar-refractivity contribution in [3.63, 3.8) is 0 Å². The molecule has 1 fully saturated rings. The highest BCUT2D eigenvalue weighted by Gasteiger charge is 2.87. The third-order valence-electron chi connectivity index (χ3n) is 7.04. The number of benzene rings is 3. The van der Waals surface area contributed by atoms with E-state index in [9.17, 15) is 14.4 Å². The molecule has 0 aromatic heterocycles. The fourth-order valence-corrected chi connectivity index (χ4v) is 5.67. The molecule has 1 heterocycles. The lowest BCUT2D eigenvalue weighted by atomic mass is 9.82. The van der Waals surface area contributed by atoms with Gasteiger partial charge in [-0.05, 0) is 30.2 Å². The first kappa shape index (κ1) is 20.8. The van der Waals surface area contributed by atoms with Crippen LogP contribution < -0.4 is 4.74 Å². The van der Waals surface area contributed by atoms with Crippen molar-refractivity contribution < 1.29 is 19.1 Å². The largest absolute Gasteiger partial charge is 0.425 e. The Kier molecular flexibility index (Phi) is 4.71. The summed E-state index contributed by atoms with van der Waals surface area (Å²) in [7, 11) is 0. The molecule has 0 unspecified atom stereocenters. The van der Waals surface area contributed by atoms with Crippen molar-refractivity contribution in [2.75, 3.05) is 0 Å². The Morgan fingerprint density at radius 1 is 0.938 bits per heavy atom. The molecule has 3 aromatic carbocycles. The zero-order valence-corrected chi connectivity index (χ0v) is 19.3. The average molecular weight is 489 g/mol. The molecule has 3 aromatic rings. The van der Waals surface area contributed by atoms with Crippen LogP contribution in [0.2, 0.25) is 0 Å². The van der Waals surface area contributed by atoms with Crippen molar-refractivity contribution in [2.45, 2.75) is 26.2 Å². The third-order valence-corrected chi connectivity index (χ3v) is 7.54. The van der Waals surface area contributed by atoms with Gasteiger partial charge in [-0.15, -0.1) is 0 Å². The fourth-order valence-electron chi connectivity index (χ4n) is 5.29. The van der Waals surface area contributed by atoms with Crippen LogP contribution in [0.1, 0.15) is 51.6 Å². The second-order valence-electron chi connectivity index (χ2n) is 8.59. The molecule has 3 atom stereocenters. The maximum Gasteiger partial charge on any atom is 0.327 e. The minimum Gasteiger partial charge on any atom is -0.425 e. The Morgan fingerprint density at radius 2 is 1.59 bits per heavy atom. The highest BCUT2D eigenvalue weighted by molar-refractivity contribution is 9.10. The molecule has 32 heavy (non-hydrogen) atoms. The van der Waals surface area contributed by atoms with Gasteiger partial charge in [0.05, 0.1) is 5.41 Å². The second-order valence-corrected chi connectivity index (χ2v) is 9.51. The van der Waals surface area contributed by atoms with Crippen LogP contribution in [-0.4, -0.2) is 17.5 Å². The van der Waals surface area contributed by atoms with Gasteiger partial charge in [0.1, 0.15) is 5.75 Å². The number of esters is 1. The molecule has 160 valence electrons. The van der Waals surface area contributed by atoms with Gasteiger partial charge < -0.3 is 4.74 Å². The molecular formula is C27H21BrO4. The summed E-state index contributed by atoms with van der Waals surface area (Å²) in [6.45, 7) is 3.78. The van der Waals surface area contributed by atoms with Gasteiger partial charge in [0.25, 0.3) is 0 Å². The smallest absolute Gasteiger partial charge is 0.327 e. The van der Waals surface area contributed by atoms with Gasteiger partial charge in [-0.2, -0.15) is 0 Å². The van der Waals surface area contributed by atoms with Crippen molar-refractivity contribution in [1.82, 2.24) is 0 Å². The number of hydrogen-bond acceptors (Lipinski definition) is 4. The first-order valence-corrected chi connectivity index (χ1v) is 11.4. The summed E-state index contributed by atoms with van der Waals surface area (Å²) in [5.74, 6) is -1.46. The highest BCUT2D eigenvalue weighted by atomic mass is 79.9. The van der Waals surface area contributed by atoms with E-state index in [-0.39, 0.29) is 11.6 Å². The summed E-state index contributed by atoms with van der Waals surface area (Å²) in [6, 6.07) is 21.4. The van der Waals surface area contributed by atoms with Crippen LogP contribution >= 0.6 is 15.9 Å². The zero-order valence-electron chi connectivity index (χ0n) is 17.7. The molecule has 5 heteroatoms. The standard InChI is InChI=1S/C27H21BrO4/c1-3-16-9-11-18(12-10-16)23(29)26(2)22-20-15-19(28)13-14-21(20)32-25(31)27(22,26)24(30)17-7-5-4-6-8-17/h4-15,22H,3H2,1-2H3/t22-,26-,27+/m0/s1. The van der Waals surface area contributed by atoms with Gasteiger partial charge in [0, 0.05) is 27.1 Å². The number of carbonyl (C=O) groups is 3. The summed E-state index contributed by atoms with van der Waals surface area (Å²) < 4.78 is 6.47. The molecule has 4 nitrogen and oxygen atoms in total. The topological polar surface area (TPSA) is 60.4 Å². The first-order valence-electron chi connectivity index (χ1n) is 10.6. The maximum absolute atomic E-state index is 13.9. The number of aryl methyl sites for hydroxylation is 1. The quantitative estimate of drug-likeness (QED) is 0.197. The Hall–Kier alpha value is -3.05. The number of halogens is 1. The molecule has 0 radical (unpaired) electrons. The molecule has 0 N–H and O–H groups in total.